The number of likely N-dealkylation sites (tertiary alicyclic amines) is 1. The molecule has 2 amide bonds. The number of hydrogen-bond donors (Lipinski definition) is 2. The molecule has 0 aliphatic carbocycles. The normalized spacial score (nSPS) is 21.7. The van der Waals surface area contributed by atoms with E-state index in [1.165, 1.54) is 0 Å². The van der Waals surface area contributed by atoms with Crippen LogP contribution in [-0.4, -0.2) is 88.2 Å². The number of amides is 2. The number of rotatable bonds is 7. The lowest BCUT2D eigenvalue weighted by Crippen LogP contribution is -2.50. The Balaban J connectivity index is 1.23. The molecule has 3 aliphatic rings. The number of benzene rings is 1. The van der Waals surface area contributed by atoms with E-state index in [1.54, 1.807) is 0 Å². The summed E-state index contributed by atoms with van der Waals surface area (Å²) in [5, 5.41) is 6.42. The molecule has 0 spiro atoms. The largest absolute Gasteiger partial charge is 0.378 e. The van der Waals surface area contributed by atoms with E-state index >= 15 is 0 Å². The Hall–Kier alpha value is -2.27. The molecule has 212 valence electrons. The first-order valence-corrected chi connectivity index (χ1v) is 16.2. The minimum atomic E-state index is -0.382. The maximum Gasteiger partial charge on any atom is 0.245 e. The number of aromatic nitrogens is 4. The second-order valence-corrected chi connectivity index (χ2v) is 15.3. The molecule has 1 aromatic carbocycles. The van der Waals surface area contributed by atoms with Gasteiger partial charge >= 0.3 is 0 Å². The number of piperidine rings is 1. The predicted molar refractivity (Wildman–Crippen MR) is 169 cm³/mol. The van der Waals surface area contributed by atoms with Crippen LogP contribution in [0.15, 0.2) is 30.3 Å². The van der Waals surface area contributed by atoms with Gasteiger partial charge in [0.1, 0.15) is 25.4 Å². The monoisotopic (exact) mass is 770 g/mol. The van der Waals surface area contributed by atoms with Crippen LogP contribution >= 0.6 is 45.2 Å². The number of morpholine rings is 1. The van der Waals surface area contributed by atoms with E-state index in [1.807, 2.05) is 29.2 Å². The highest BCUT2D eigenvalue weighted by Gasteiger charge is 2.33. The van der Waals surface area contributed by atoms with Gasteiger partial charge in [-0.3, -0.25) is 14.2 Å². The average Bonchev–Trinajstić information content (AvgIpc) is 3.61. The van der Waals surface area contributed by atoms with Crippen molar-refractivity contribution in [1.29, 1.82) is 0 Å². The molecule has 3 saturated heterocycles. The summed E-state index contributed by atoms with van der Waals surface area (Å²) >= 11 is 4.77. The molecule has 2 aromatic heterocycles. The molecule has 5 heterocycles. The van der Waals surface area contributed by atoms with Gasteiger partial charge in [0.25, 0.3) is 0 Å². The number of nitrogens with one attached hydrogen (secondary N) is 2. The van der Waals surface area contributed by atoms with E-state index in [-0.39, 0.29) is 19.8 Å². The second-order valence-electron chi connectivity index (χ2n) is 10.4. The van der Waals surface area contributed by atoms with Gasteiger partial charge in [-0.15, -0.1) is 0 Å². The van der Waals surface area contributed by atoms with Crippen LogP contribution in [0.2, 0.25) is 0 Å². The number of halogens is 2. The maximum atomic E-state index is 13.0. The zero-order valence-corrected chi connectivity index (χ0v) is 26.4. The van der Waals surface area contributed by atoms with Crippen LogP contribution in [0.25, 0.3) is 16.9 Å². The van der Waals surface area contributed by atoms with Crippen LogP contribution in [-0.2, 0) is 14.3 Å². The number of ether oxygens (including phenoxy) is 1. The van der Waals surface area contributed by atoms with E-state index < -0.39 is 0 Å². The Labute approximate surface area is 260 Å². The minimum Gasteiger partial charge on any atom is -0.378 e. The summed E-state index contributed by atoms with van der Waals surface area (Å²) in [4.78, 5) is 43.7. The molecular formula is C27H32I2N8O3. The summed E-state index contributed by atoms with van der Waals surface area (Å²) in [7, 11) is 0. The van der Waals surface area contributed by atoms with Gasteiger partial charge < -0.3 is 25.2 Å². The quantitative estimate of drug-likeness (QED) is 0.278. The number of anilines is 2. The number of carbonyl (C=O) groups is 2. The van der Waals surface area contributed by atoms with Gasteiger partial charge in [0, 0.05) is 45.2 Å². The van der Waals surface area contributed by atoms with Crippen molar-refractivity contribution in [2.45, 2.75) is 33.7 Å². The van der Waals surface area contributed by atoms with Gasteiger partial charge in [-0.25, -0.2) is 4.98 Å². The number of imidazole rings is 1. The van der Waals surface area contributed by atoms with Crippen LogP contribution in [0, 0.1) is 5.92 Å². The van der Waals surface area contributed by atoms with Crippen LogP contribution < -0.4 is 15.5 Å². The zero-order chi connectivity index (χ0) is 27.6. The van der Waals surface area contributed by atoms with Crippen LogP contribution in [0.4, 0.5) is 11.8 Å². The molecule has 3 aromatic rings. The van der Waals surface area contributed by atoms with Crippen molar-refractivity contribution in [2.75, 3.05) is 56.2 Å². The van der Waals surface area contributed by atoms with E-state index in [4.69, 9.17) is 19.7 Å². The molecule has 13 heteroatoms. The Morgan fingerprint density at radius 1 is 1.12 bits per heavy atom. The van der Waals surface area contributed by atoms with Crippen LogP contribution in [0.1, 0.15) is 33.4 Å². The molecule has 2 atom stereocenters. The first kappa shape index (κ1) is 27.9. The van der Waals surface area contributed by atoms with Gasteiger partial charge in [-0.05, 0) is 37.3 Å². The zero-order valence-electron chi connectivity index (χ0n) is 22.1. The highest BCUT2D eigenvalue weighted by molar-refractivity contribution is 14.2. The van der Waals surface area contributed by atoms with Crippen molar-refractivity contribution in [3.63, 3.8) is 0 Å². The lowest BCUT2D eigenvalue weighted by atomic mass is 10.0. The Bertz CT molecular complexity index is 1390. The lowest BCUT2D eigenvalue weighted by molar-refractivity contribution is -0.137. The summed E-state index contributed by atoms with van der Waals surface area (Å²) in [6.07, 6.45) is 2.91. The molecule has 11 nitrogen and oxygen atoms in total. The third-order valence-corrected chi connectivity index (χ3v) is 8.82. The molecule has 2 N–H and O–H groups in total. The van der Waals surface area contributed by atoms with E-state index in [2.05, 4.69) is 71.3 Å². The van der Waals surface area contributed by atoms with Crippen molar-refractivity contribution in [1.82, 2.24) is 29.7 Å². The SMILES string of the molecule is O=C1CCCC(C(=O)N2CC[C@H](CNc3cc(-n4c(C(I)I)nc5ccccc54)nc(N4CCOCC4)n3)C2)N1. The van der Waals surface area contributed by atoms with Gasteiger partial charge in [0.15, 0.2) is 0 Å². The molecule has 0 radical (unpaired) electrons. The number of hydrogen-bond acceptors (Lipinski definition) is 8. The molecule has 0 saturated carbocycles. The third kappa shape index (κ3) is 6.00. The lowest BCUT2D eigenvalue weighted by Gasteiger charge is -2.28. The summed E-state index contributed by atoms with van der Waals surface area (Å²) in [5.41, 5.74) is 1.94. The molecular weight excluding hydrogens is 738 g/mol. The van der Waals surface area contributed by atoms with Crippen molar-refractivity contribution in [2.24, 2.45) is 5.92 Å². The topological polar surface area (TPSA) is 118 Å². The van der Waals surface area contributed by atoms with Crippen LogP contribution in [0.3, 0.4) is 0 Å². The van der Waals surface area contributed by atoms with Gasteiger partial charge in [0.05, 0.1) is 24.2 Å². The Kier molecular flexibility index (Phi) is 8.58. The Morgan fingerprint density at radius 3 is 2.75 bits per heavy atom. The molecule has 6 rings (SSSR count). The summed E-state index contributed by atoms with van der Waals surface area (Å²) in [6.45, 7) is 4.84. The third-order valence-electron chi connectivity index (χ3n) is 7.71. The van der Waals surface area contributed by atoms with E-state index in [0.717, 1.165) is 60.8 Å². The van der Waals surface area contributed by atoms with Crippen molar-refractivity contribution in [3.8, 4) is 5.82 Å². The van der Waals surface area contributed by atoms with Gasteiger partial charge in [-0.2, -0.15) is 9.97 Å². The van der Waals surface area contributed by atoms with Crippen molar-refractivity contribution >= 4 is 79.8 Å². The fourth-order valence-electron chi connectivity index (χ4n) is 5.62. The summed E-state index contributed by atoms with van der Waals surface area (Å²) in [6, 6.07) is 9.74. The molecule has 1 unspecified atom stereocenters. The van der Waals surface area contributed by atoms with Gasteiger partial charge in [0.2, 0.25) is 17.8 Å². The molecule has 40 heavy (non-hydrogen) atoms. The van der Waals surface area contributed by atoms with E-state index in [0.29, 0.717) is 51.1 Å². The minimum absolute atomic E-state index is 0.0251. The van der Waals surface area contributed by atoms with Crippen molar-refractivity contribution in [3.05, 3.63) is 36.2 Å². The highest BCUT2D eigenvalue weighted by atomic mass is 127. The Morgan fingerprint density at radius 2 is 1.95 bits per heavy atom. The van der Waals surface area contributed by atoms with Crippen molar-refractivity contribution < 1.29 is 14.3 Å². The highest BCUT2D eigenvalue weighted by Crippen LogP contribution is 2.35. The fraction of sp³-hybridized carbons (Fsp3) is 0.519. The molecule has 3 aliphatic heterocycles. The number of carbonyl (C=O) groups excluding carboxylic acids is 2. The number of para-hydroxylation sites is 2. The van der Waals surface area contributed by atoms with Crippen LogP contribution in [0.5, 0.6) is 0 Å². The molecule has 3 fully saturated rings. The number of nitrogens with zero attached hydrogens (tertiary/aromatic N) is 6. The summed E-state index contributed by atoms with van der Waals surface area (Å²) in [5.74, 6) is 3.44. The smallest absolute Gasteiger partial charge is 0.245 e. The van der Waals surface area contributed by atoms with E-state index in [9.17, 15) is 9.59 Å². The first-order chi connectivity index (χ1) is 19.5. The maximum absolute atomic E-state index is 13.0. The standard InChI is InChI=1S/C27H32I2N8O3/c28-24(29)25-32-18-4-1-2-6-20(18)37(25)22-14-21(33-27(34-22)35-10-12-40-13-11-35)30-15-17-8-9-36(16-17)26(39)19-5-3-7-23(38)31-19/h1-2,4,6,14,17,19,24H,3,5,7-13,15-16H2,(H,31,38)(H,30,33,34)/t17-,19?/m1/s1. The summed E-state index contributed by atoms with van der Waals surface area (Å²) < 4.78 is 7.85. The second kappa shape index (κ2) is 12.3. The molecule has 0 bridgehead atoms. The number of fused-ring (bicyclic) bond motifs is 1. The predicted octanol–water partition coefficient (Wildman–Crippen LogP) is 3.45. The fourth-order valence-corrected chi connectivity index (χ4v) is 6.46. The number of alkyl halides is 2. The average molecular weight is 770 g/mol. The first-order valence-electron chi connectivity index (χ1n) is 13.8. The van der Waals surface area contributed by atoms with Gasteiger partial charge in [-0.1, -0.05) is 57.3 Å².